The SMILES string of the molecule is Cc1ccccc1NC(=O)c1n[nH]c(C(C)C)c1N. The smallest absolute Gasteiger partial charge is 0.278 e. The number of nitrogens with two attached hydrogens (primary N) is 1. The standard InChI is InChI=1S/C14H18N4O/c1-8(2)12-11(15)13(18-17-12)14(19)16-10-7-5-4-6-9(10)3/h4-8H,15H2,1-3H3,(H,16,19)(H,17,18). The van der Waals surface area contributed by atoms with Gasteiger partial charge >= 0.3 is 0 Å². The molecule has 0 atom stereocenters. The van der Waals surface area contributed by atoms with Crippen LogP contribution < -0.4 is 11.1 Å². The van der Waals surface area contributed by atoms with Crippen molar-refractivity contribution in [3.63, 3.8) is 0 Å². The molecule has 0 radical (unpaired) electrons. The van der Waals surface area contributed by atoms with Crippen molar-refractivity contribution in [1.29, 1.82) is 0 Å². The number of anilines is 2. The largest absolute Gasteiger partial charge is 0.395 e. The van der Waals surface area contributed by atoms with Gasteiger partial charge in [-0.05, 0) is 24.5 Å². The lowest BCUT2D eigenvalue weighted by Crippen LogP contribution is -2.15. The van der Waals surface area contributed by atoms with Gasteiger partial charge in [-0.1, -0.05) is 32.0 Å². The molecule has 0 aliphatic rings. The summed E-state index contributed by atoms with van der Waals surface area (Å²) in [6.07, 6.45) is 0. The number of benzene rings is 1. The van der Waals surface area contributed by atoms with E-state index >= 15 is 0 Å². The highest BCUT2D eigenvalue weighted by Crippen LogP contribution is 2.23. The number of para-hydroxylation sites is 1. The second kappa shape index (κ2) is 5.14. The zero-order valence-electron chi connectivity index (χ0n) is 11.3. The summed E-state index contributed by atoms with van der Waals surface area (Å²) < 4.78 is 0. The number of nitrogens with one attached hydrogen (secondary N) is 2. The number of carbonyl (C=O) groups excluding carboxylic acids is 1. The molecular formula is C14H18N4O. The molecule has 0 bridgehead atoms. The Balaban J connectivity index is 2.24. The number of nitrogens with zero attached hydrogens (tertiary/aromatic N) is 1. The number of aromatic nitrogens is 2. The minimum atomic E-state index is -0.296. The van der Waals surface area contributed by atoms with Gasteiger partial charge in [-0.2, -0.15) is 5.10 Å². The molecule has 19 heavy (non-hydrogen) atoms. The lowest BCUT2D eigenvalue weighted by atomic mass is 10.1. The first kappa shape index (κ1) is 13.1. The van der Waals surface area contributed by atoms with Crippen LogP contribution in [0, 0.1) is 6.92 Å². The van der Waals surface area contributed by atoms with E-state index in [1.807, 2.05) is 45.0 Å². The van der Waals surface area contributed by atoms with Crippen LogP contribution in [0.3, 0.4) is 0 Å². The molecule has 2 aromatic rings. The van der Waals surface area contributed by atoms with Gasteiger partial charge in [0.15, 0.2) is 5.69 Å². The first-order valence-corrected chi connectivity index (χ1v) is 6.21. The van der Waals surface area contributed by atoms with Crippen LogP contribution in [0.5, 0.6) is 0 Å². The van der Waals surface area contributed by atoms with Crippen LogP contribution in [-0.2, 0) is 0 Å². The Morgan fingerprint density at radius 1 is 1.37 bits per heavy atom. The Morgan fingerprint density at radius 2 is 2.05 bits per heavy atom. The third-order valence-corrected chi connectivity index (χ3v) is 3.02. The maximum Gasteiger partial charge on any atom is 0.278 e. The maximum atomic E-state index is 12.1. The third kappa shape index (κ3) is 2.59. The molecule has 0 aliphatic carbocycles. The highest BCUT2D eigenvalue weighted by molar-refractivity contribution is 6.06. The lowest BCUT2D eigenvalue weighted by Gasteiger charge is -2.07. The van der Waals surface area contributed by atoms with E-state index in [1.165, 1.54) is 0 Å². The van der Waals surface area contributed by atoms with Crippen molar-refractivity contribution in [2.75, 3.05) is 11.1 Å². The molecule has 5 heteroatoms. The van der Waals surface area contributed by atoms with E-state index in [1.54, 1.807) is 0 Å². The zero-order valence-corrected chi connectivity index (χ0v) is 11.3. The van der Waals surface area contributed by atoms with Crippen LogP contribution in [0.1, 0.15) is 41.5 Å². The second-order valence-corrected chi connectivity index (χ2v) is 4.82. The van der Waals surface area contributed by atoms with Gasteiger partial charge in [-0.3, -0.25) is 9.89 Å². The molecule has 0 unspecified atom stereocenters. The molecule has 5 nitrogen and oxygen atoms in total. The van der Waals surface area contributed by atoms with Crippen molar-refractivity contribution in [3.8, 4) is 0 Å². The van der Waals surface area contributed by atoms with Crippen molar-refractivity contribution in [1.82, 2.24) is 10.2 Å². The first-order valence-electron chi connectivity index (χ1n) is 6.21. The number of hydrogen-bond donors (Lipinski definition) is 3. The van der Waals surface area contributed by atoms with Gasteiger partial charge in [0, 0.05) is 5.69 Å². The fourth-order valence-electron chi connectivity index (χ4n) is 1.87. The molecule has 1 amide bonds. The van der Waals surface area contributed by atoms with E-state index in [9.17, 15) is 4.79 Å². The number of carbonyl (C=O) groups is 1. The molecule has 1 heterocycles. The summed E-state index contributed by atoms with van der Waals surface area (Å²) in [5, 5.41) is 9.64. The summed E-state index contributed by atoms with van der Waals surface area (Å²) >= 11 is 0. The molecule has 0 aliphatic heterocycles. The van der Waals surface area contributed by atoms with E-state index in [-0.39, 0.29) is 17.5 Å². The quantitative estimate of drug-likeness (QED) is 0.791. The van der Waals surface area contributed by atoms with Crippen LogP contribution in [-0.4, -0.2) is 16.1 Å². The van der Waals surface area contributed by atoms with Gasteiger partial charge in [0.25, 0.3) is 5.91 Å². The molecule has 1 aromatic heterocycles. The van der Waals surface area contributed by atoms with E-state index < -0.39 is 0 Å². The second-order valence-electron chi connectivity index (χ2n) is 4.82. The predicted octanol–water partition coefficient (Wildman–Crippen LogP) is 2.68. The average Bonchev–Trinajstić information content (AvgIpc) is 2.74. The number of aryl methyl sites for hydroxylation is 1. The Kier molecular flexibility index (Phi) is 3.55. The van der Waals surface area contributed by atoms with Gasteiger partial charge in [0.2, 0.25) is 0 Å². The summed E-state index contributed by atoms with van der Waals surface area (Å²) in [7, 11) is 0. The van der Waals surface area contributed by atoms with Crippen LogP contribution >= 0.6 is 0 Å². The highest BCUT2D eigenvalue weighted by Gasteiger charge is 2.19. The van der Waals surface area contributed by atoms with Crippen molar-refractivity contribution < 1.29 is 4.79 Å². The topological polar surface area (TPSA) is 83.8 Å². The fourth-order valence-corrected chi connectivity index (χ4v) is 1.87. The van der Waals surface area contributed by atoms with Crippen LogP contribution in [0.4, 0.5) is 11.4 Å². The summed E-state index contributed by atoms with van der Waals surface area (Å²) in [6, 6.07) is 7.57. The van der Waals surface area contributed by atoms with Gasteiger partial charge in [0.05, 0.1) is 11.4 Å². The summed E-state index contributed by atoms with van der Waals surface area (Å²) in [6.45, 7) is 5.92. The van der Waals surface area contributed by atoms with Crippen molar-refractivity contribution >= 4 is 17.3 Å². The Morgan fingerprint density at radius 3 is 2.63 bits per heavy atom. The van der Waals surface area contributed by atoms with Crippen molar-refractivity contribution in [2.24, 2.45) is 0 Å². The van der Waals surface area contributed by atoms with Gasteiger partial charge in [-0.15, -0.1) is 0 Å². The molecule has 100 valence electrons. The number of nitrogen functional groups attached to an aromatic ring is 1. The fraction of sp³-hybridized carbons (Fsp3) is 0.286. The molecule has 4 N–H and O–H groups in total. The van der Waals surface area contributed by atoms with E-state index in [4.69, 9.17) is 5.73 Å². The van der Waals surface area contributed by atoms with Crippen molar-refractivity contribution in [3.05, 3.63) is 41.2 Å². The van der Waals surface area contributed by atoms with Gasteiger partial charge in [0.1, 0.15) is 0 Å². The Labute approximate surface area is 112 Å². The number of aromatic amines is 1. The molecule has 2 rings (SSSR count). The zero-order chi connectivity index (χ0) is 14.0. The van der Waals surface area contributed by atoms with Crippen LogP contribution in [0.15, 0.2) is 24.3 Å². The van der Waals surface area contributed by atoms with E-state index in [0.29, 0.717) is 5.69 Å². The van der Waals surface area contributed by atoms with E-state index in [2.05, 4.69) is 15.5 Å². The average molecular weight is 258 g/mol. The highest BCUT2D eigenvalue weighted by atomic mass is 16.2. The number of rotatable bonds is 3. The van der Waals surface area contributed by atoms with E-state index in [0.717, 1.165) is 16.9 Å². The number of hydrogen-bond acceptors (Lipinski definition) is 3. The minimum absolute atomic E-state index is 0.201. The van der Waals surface area contributed by atoms with Crippen LogP contribution in [0.2, 0.25) is 0 Å². The maximum absolute atomic E-state index is 12.1. The van der Waals surface area contributed by atoms with Gasteiger partial charge < -0.3 is 11.1 Å². The molecule has 1 aromatic carbocycles. The molecule has 0 spiro atoms. The molecular weight excluding hydrogens is 240 g/mol. The monoisotopic (exact) mass is 258 g/mol. The predicted molar refractivity (Wildman–Crippen MR) is 76.2 cm³/mol. The molecule has 0 fully saturated rings. The van der Waals surface area contributed by atoms with Crippen molar-refractivity contribution in [2.45, 2.75) is 26.7 Å². The Bertz CT molecular complexity index is 601. The lowest BCUT2D eigenvalue weighted by molar-refractivity contribution is 0.102. The molecule has 0 saturated heterocycles. The first-order chi connectivity index (χ1) is 9.00. The Hall–Kier alpha value is -2.30. The minimum Gasteiger partial charge on any atom is -0.395 e. The third-order valence-electron chi connectivity index (χ3n) is 3.02. The summed E-state index contributed by atoms with van der Waals surface area (Å²) in [4.78, 5) is 12.1. The van der Waals surface area contributed by atoms with Gasteiger partial charge in [-0.25, -0.2) is 0 Å². The number of amides is 1. The summed E-state index contributed by atoms with van der Waals surface area (Å²) in [5.74, 6) is -0.0949. The number of H-pyrrole nitrogens is 1. The van der Waals surface area contributed by atoms with Crippen LogP contribution in [0.25, 0.3) is 0 Å². The normalized spacial score (nSPS) is 10.7. The molecule has 0 saturated carbocycles. The summed E-state index contributed by atoms with van der Waals surface area (Å²) in [5.41, 5.74) is 9.15.